The molecule has 0 bridgehead atoms. The van der Waals surface area contributed by atoms with Gasteiger partial charge in [-0.2, -0.15) is 11.3 Å². The van der Waals surface area contributed by atoms with Gasteiger partial charge in [0.05, 0.1) is 12.7 Å². The van der Waals surface area contributed by atoms with Gasteiger partial charge in [-0.1, -0.05) is 18.2 Å². The molecule has 0 aliphatic carbocycles. The maximum atomic E-state index is 12.2. The summed E-state index contributed by atoms with van der Waals surface area (Å²) in [4.78, 5) is 24.2. The molecule has 1 atom stereocenters. The van der Waals surface area contributed by atoms with E-state index in [1.165, 1.54) is 18.4 Å². The molecule has 1 heterocycles. The van der Waals surface area contributed by atoms with Crippen LogP contribution in [0.15, 0.2) is 47.2 Å². The van der Waals surface area contributed by atoms with E-state index < -0.39 is 11.5 Å². The number of amides is 1. The smallest absolute Gasteiger partial charge is 0.334 e. The Morgan fingerprint density at radius 3 is 2.55 bits per heavy atom. The molecule has 5 nitrogen and oxygen atoms in total. The maximum Gasteiger partial charge on any atom is 0.334 e. The van der Waals surface area contributed by atoms with Gasteiger partial charge in [0.25, 0.3) is 5.91 Å². The molecule has 2 rings (SSSR count). The molecule has 0 spiro atoms. The number of thiophene rings is 1. The van der Waals surface area contributed by atoms with Gasteiger partial charge in [-0.25, -0.2) is 4.79 Å². The molecule has 0 fully saturated rings. The van der Waals surface area contributed by atoms with E-state index in [-0.39, 0.29) is 12.5 Å². The monoisotopic (exact) mass is 319 g/mol. The second kappa shape index (κ2) is 7.09. The zero-order chi connectivity index (χ0) is 16.0. The third-order valence-corrected chi connectivity index (χ3v) is 3.76. The van der Waals surface area contributed by atoms with E-state index in [0.717, 1.165) is 0 Å². The molecule has 1 aromatic carbocycles. The molecule has 0 aliphatic heterocycles. The summed E-state index contributed by atoms with van der Waals surface area (Å²) in [6.07, 6.45) is 0. The van der Waals surface area contributed by atoms with Crippen LogP contribution in [0.3, 0.4) is 0 Å². The van der Waals surface area contributed by atoms with Gasteiger partial charge in [-0.15, -0.1) is 0 Å². The molecule has 0 unspecified atom stereocenters. The molecular weight excluding hydrogens is 302 g/mol. The van der Waals surface area contributed by atoms with Crippen LogP contribution in [-0.4, -0.2) is 31.1 Å². The summed E-state index contributed by atoms with van der Waals surface area (Å²) in [5.41, 5.74) is -0.774. The van der Waals surface area contributed by atoms with Crippen LogP contribution in [0.1, 0.15) is 17.3 Å². The zero-order valence-corrected chi connectivity index (χ0v) is 13.2. The maximum absolute atomic E-state index is 12.2. The van der Waals surface area contributed by atoms with Crippen molar-refractivity contribution < 1.29 is 19.1 Å². The number of esters is 1. The molecule has 1 N–H and O–H groups in total. The van der Waals surface area contributed by atoms with Crippen molar-refractivity contribution in [2.45, 2.75) is 12.5 Å². The van der Waals surface area contributed by atoms with E-state index in [9.17, 15) is 9.59 Å². The van der Waals surface area contributed by atoms with Crippen molar-refractivity contribution in [2.75, 3.05) is 13.7 Å². The van der Waals surface area contributed by atoms with Gasteiger partial charge in [0, 0.05) is 5.38 Å². The van der Waals surface area contributed by atoms with Crippen LogP contribution >= 0.6 is 11.3 Å². The molecule has 0 radical (unpaired) electrons. The summed E-state index contributed by atoms with van der Waals surface area (Å²) in [6, 6.07) is 10.8. The first kappa shape index (κ1) is 16.0. The van der Waals surface area contributed by atoms with Gasteiger partial charge in [-0.3, -0.25) is 4.79 Å². The number of benzene rings is 1. The highest BCUT2D eigenvalue weighted by molar-refractivity contribution is 7.08. The van der Waals surface area contributed by atoms with Crippen LogP contribution in [0.25, 0.3) is 0 Å². The van der Waals surface area contributed by atoms with E-state index in [4.69, 9.17) is 9.47 Å². The zero-order valence-electron chi connectivity index (χ0n) is 12.4. The van der Waals surface area contributed by atoms with E-state index >= 15 is 0 Å². The first-order valence-electron chi connectivity index (χ1n) is 6.66. The quantitative estimate of drug-likeness (QED) is 0.831. The number of hydrogen-bond donors (Lipinski definition) is 1. The summed E-state index contributed by atoms with van der Waals surface area (Å²) < 4.78 is 10.4. The van der Waals surface area contributed by atoms with E-state index in [2.05, 4.69) is 5.32 Å². The molecule has 0 aliphatic rings. The second-order valence-corrected chi connectivity index (χ2v) is 5.67. The van der Waals surface area contributed by atoms with Crippen molar-refractivity contribution in [1.29, 1.82) is 0 Å². The van der Waals surface area contributed by atoms with Crippen LogP contribution in [0.2, 0.25) is 0 Å². The highest BCUT2D eigenvalue weighted by Crippen LogP contribution is 2.15. The lowest BCUT2D eigenvalue weighted by atomic mass is 10.0. The summed E-state index contributed by atoms with van der Waals surface area (Å²) in [5, 5.41) is 6.19. The number of hydrogen-bond acceptors (Lipinski definition) is 5. The lowest BCUT2D eigenvalue weighted by Crippen LogP contribution is -2.56. The van der Waals surface area contributed by atoms with Gasteiger partial charge in [0.2, 0.25) is 0 Å². The van der Waals surface area contributed by atoms with Crippen LogP contribution in [0.5, 0.6) is 5.75 Å². The highest BCUT2D eigenvalue weighted by atomic mass is 32.1. The van der Waals surface area contributed by atoms with Crippen molar-refractivity contribution in [3.8, 4) is 5.75 Å². The van der Waals surface area contributed by atoms with Crippen molar-refractivity contribution in [1.82, 2.24) is 5.32 Å². The molecule has 1 amide bonds. The van der Waals surface area contributed by atoms with Gasteiger partial charge in [0.1, 0.15) is 12.4 Å². The minimum absolute atomic E-state index is 0.0282. The van der Waals surface area contributed by atoms with Gasteiger partial charge < -0.3 is 14.8 Å². The van der Waals surface area contributed by atoms with Crippen LogP contribution in [0.4, 0.5) is 0 Å². The molecule has 2 aromatic rings. The number of para-hydroxylation sites is 1. The molecule has 22 heavy (non-hydrogen) atoms. The Balaban J connectivity index is 2.10. The fraction of sp³-hybridized carbons (Fsp3) is 0.250. The minimum Gasteiger partial charge on any atom is -0.491 e. The van der Waals surface area contributed by atoms with Crippen LogP contribution in [0, 0.1) is 0 Å². The fourth-order valence-electron chi connectivity index (χ4n) is 1.83. The Morgan fingerprint density at radius 2 is 1.95 bits per heavy atom. The summed E-state index contributed by atoms with van der Waals surface area (Å²) in [7, 11) is 1.28. The average Bonchev–Trinajstić information content (AvgIpc) is 3.08. The van der Waals surface area contributed by atoms with Crippen LogP contribution in [-0.2, 0) is 9.53 Å². The number of rotatable bonds is 6. The Morgan fingerprint density at radius 1 is 1.23 bits per heavy atom. The second-order valence-electron chi connectivity index (χ2n) is 4.89. The van der Waals surface area contributed by atoms with Gasteiger partial charge >= 0.3 is 5.97 Å². The molecular formula is C16H17NO4S. The largest absolute Gasteiger partial charge is 0.491 e. The number of carbonyl (C=O) groups is 2. The SMILES string of the molecule is COC(=O)[C@@](C)(COc1ccccc1)NC(=O)c1ccsc1. The summed E-state index contributed by atoms with van der Waals surface area (Å²) >= 11 is 1.41. The first-order valence-corrected chi connectivity index (χ1v) is 7.60. The average molecular weight is 319 g/mol. The predicted octanol–water partition coefficient (Wildman–Crippen LogP) is 2.49. The fourth-order valence-corrected chi connectivity index (χ4v) is 2.47. The van der Waals surface area contributed by atoms with E-state index in [0.29, 0.717) is 11.3 Å². The number of nitrogens with one attached hydrogen (secondary N) is 1. The minimum atomic E-state index is -1.27. The molecule has 1 aromatic heterocycles. The van der Waals surface area contributed by atoms with Crippen molar-refractivity contribution in [3.05, 3.63) is 52.7 Å². The van der Waals surface area contributed by atoms with Gasteiger partial charge in [0.15, 0.2) is 5.54 Å². The lowest BCUT2D eigenvalue weighted by Gasteiger charge is -2.27. The predicted molar refractivity (Wildman–Crippen MR) is 84.1 cm³/mol. The Labute approximate surface area is 132 Å². The summed E-state index contributed by atoms with van der Waals surface area (Å²) in [6.45, 7) is 1.55. The molecule has 6 heteroatoms. The lowest BCUT2D eigenvalue weighted by molar-refractivity contribution is -0.148. The van der Waals surface area contributed by atoms with E-state index in [1.807, 2.05) is 18.2 Å². The van der Waals surface area contributed by atoms with Crippen molar-refractivity contribution >= 4 is 23.2 Å². The Hall–Kier alpha value is -2.34. The Kier molecular flexibility index (Phi) is 5.16. The Bertz CT molecular complexity index is 627. The third kappa shape index (κ3) is 3.85. The number of methoxy groups -OCH3 is 1. The molecule has 116 valence electrons. The highest BCUT2D eigenvalue weighted by Gasteiger charge is 2.37. The van der Waals surface area contributed by atoms with Gasteiger partial charge in [-0.05, 0) is 30.5 Å². The summed E-state index contributed by atoms with van der Waals surface area (Å²) in [5.74, 6) is -0.291. The molecule has 0 saturated heterocycles. The standard InChI is InChI=1S/C16H17NO4S/c1-16(15(19)20-2,11-21-13-6-4-3-5-7-13)17-14(18)12-8-9-22-10-12/h3-10H,11H2,1-2H3,(H,17,18)/t16-/m1/s1. The number of carbonyl (C=O) groups excluding carboxylic acids is 2. The molecule has 0 saturated carbocycles. The first-order chi connectivity index (χ1) is 10.5. The van der Waals surface area contributed by atoms with Crippen LogP contribution < -0.4 is 10.1 Å². The normalized spacial score (nSPS) is 13.0. The van der Waals surface area contributed by atoms with Crippen molar-refractivity contribution in [3.63, 3.8) is 0 Å². The number of ether oxygens (including phenoxy) is 2. The van der Waals surface area contributed by atoms with E-state index in [1.54, 1.807) is 35.9 Å². The topological polar surface area (TPSA) is 64.6 Å². The third-order valence-electron chi connectivity index (χ3n) is 3.08. The van der Waals surface area contributed by atoms with Crippen molar-refractivity contribution in [2.24, 2.45) is 0 Å².